The van der Waals surface area contributed by atoms with Crippen LogP contribution in [0.4, 0.5) is 0 Å². The van der Waals surface area contributed by atoms with Gasteiger partial charge in [0.2, 0.25) is 10.0 Å². The second-order valence-electron chi connectivity index (χ2n) is 7.27. The first-order valence-corrected chi connectivity index (χ1v) is 10.4. The Hall–Kier alpha value is -1.95. The molecule has 2 aliphatic carbocycles. The van der Waals surface area contributed by atoms with Crippen LogP contribution in [-0.4, -0.2) is 49.6 Å². The van der Waals surface area contributed by atoms with Crippen LogP contribution in [0.2, 0.25) is 0 Å². The predicted molar refractivity (Wildman–Crippen MR) is 95.7 cm³/mol. The van der Waals surface area contributed by atoms with Crippen LogP contribution < -0.4 is 4.72 Å². The van der Waals surface area contributed by atoms with Gasteiger partial charge in [-0.05, 0) is 49.3 Å². The van der Waals surface area contributed by atoms with Crippen molar-refractivity contribution in [3.05, 3.63) is 35.4 Å². The Morgan fingerprint density at radius 3 is 2.46 bits per heavy atom. The fourth-order valence-electron chi connectivity index (χ4n) is 3.32. The Labute approximate surface area is 153 Å². The molecule has 8 heteroatoms. The molecule has 0 radical (unpaired) electrons. The van der Waals surface area contributed by atoms with Crippen molar-refractivity contribution in [2.75, 3.05) is 13.1 Å². The number of carboxylic acids is 1. The average Bonchev–Trinajstić information content (AvgIpc) is 3.34. The number of hydrogen-bond acceptors (Lipinski definition) is 5. The van der Waals surface area contributed by atoms with E-state index < -0.39 is 16.0 Å². The summed E-state index contributed by atoms with van der Waals surface area (Å²) in [7, 11) is -3.46. The monoisotopic (exact) mass is 377 g/mol. The molecular formula is C18H23N3O4S. The highest BCUT2D eigenvalue weighted by Crippen LogP contribution is 2.34. The summed E-state index contributed by atoms with van der Waals surface area (Å²) in [5.74, 6) is -0.363. The number of nitriles is 1. The Morgan fingerprint density at radius 2 is 1.92 bits per heavy atom. The number of carboxylic acid groups (broad SMARTS) is 1. The minimum Gasteiger partial charge on any atom is -0.480 e. The zero-order valence-corrected chi connectivity index (χ0v) is 15.3. The van der Waals surface area contributed by atoms with E-state index in [9.17, 15) is 13.2 Å². The van der Waals surface area contributed by atoms with Crippen LogP contribution in [0.15, 0.2) is 24.3 Å². The molecule has 0 unspecified atom stereocenters. The molecule has 0 atom stereocenters. The van der Waals surface area contributed by atoms with Crippen molar-refractivity contribution >= 4 is 16.0 Å². The summed E-state index contributed by atoms with van der Waals surface area (Å²) in [6.45, 7) is 0.813. The van der Waals surface area contributed by atoms with Crippen molar-refractivity contribution in [1.29, 1.82) is 5.26 Å². The zero-order chi connectivity index (χ0) is 18.7. The molecule has 0 heterocycles. The van der Waals surface area contributed by atoms with Gasteiger partial charge in [-0.25, -0.2) is 13.1 Å². The largest absolute Gasteiger partial charge is 0.480 e. The molecule has 140 valence electrons. The number of sulfonamides is 1. The third-order valence-electron chi connectivity index (χ3n) is 4.94. The van der Waals surface area contributed by atoms with Crippen molar-refractivity contribution < 1.29 is 18.3 Å². The number of carbonyl (C=O) groups is 1. The van der Waals surface area contributed by atoms with Gasteiger partial charge < -0.3 is 5.11 Å². The second kappa shape index (κ2) is 7.74. The fourth-order valence-corrected chi connectivity index (χ4v) is 4.74. The fraction of sp³-hybridized carbons (Fsp3) is 0.556. The molecule has 0 bridgehead atoms. The molecule has 2 aliphatic rings. The number of hydrogen-bond donors (Lipinski definition) is 2. The molecule has 0 aliphatic heterocycles. The standard InChI is InChI=1S/C18H23N3O4S/c19-9-13-1-5-15(6-2-13)12-26(24,25)20-16-7-17(8-16)21(11-18(22)23)10-14-3-4-14/h1-2,5-6,14,16-17,20H,3-4,7-8,10-12H2,(H,22,23). The van der Waals surface area contributed by atoms with Gasteiger partial charge in [0.1, 0.15) is 0 Å². The second-order valence-corrected chi connectivity index (χ2v) is 9.03. The first kappa shape index (κ1) is 18.8. The van der Waals surface area contributed by atoms with Gasteiger partial charge in [-0.2, -0.15) is 5.26 Å². The van der Waals surface area contributed by atoms with Crippen molar-refractivity contribution in [3.8, 4) is 6.07 Å². The van der Waals surface area contributed by atoms with Crippen LogP contribution in [0, 0.1) is 17.2 Å². The Morgan fingerprint density at radius 1 is 1.27 bits per heavy atom. The lowest BCUT2D eigenvalue weighted by Crippen LogP contribution is -2.55. The van der Waals surface area contributed by atoms with Gasteiger partial charge in [0, 0.05) is 18.6 Å². The van der Waals surface area contributed by atoms with Gasteiger partial charge >= 0.3 is 5.97 Å². The molecule has 26 heavy (non-hydrogen) atoms. The lowest BCUT2D eigenvalue weighted by atomic mass is 9.86. The number of rotatable bonds is 9. The summed E-state index contributed by atoms with van der Waals surface area (Å²) in [4.78, 5) is 13.0. The van der Waals surface area contributed by atoms with Crippen LogP contribution in [0.1, 0.15) is 36.8 Å². The van der Waals surface area contributed by atoms with E-state index in [0.717, 1.165) is 19.4 Å². The van der Waals surface area contributed by atoms with E-state index >= 15 is 0 Å². The smallest absolute Gasteiger partial charge is 0.317 e. The minimum atomic E-state index is -3.46. The van der Waals surface area contributed by atoms with E-state index in [2.05, 4.69) is 4.72 Å². The molecule has 2 saturated carbocycles. The van der Waals surface area contributed by atoms with Crippen LogP contribution in [0.3, 0.4) is 0 Å². The highest BCUT2D eigenvalue weighted by atomic mass is 32.2. The summed E-state index contributed by atoms with van der Waals surface area (Å²) in [6.07, 6.45) is 3.60. The highest BCUT2D eigenvalue weighted by molar-refractivity contribution is 7.88. The van der Waals surface area contributed by atoms with E-state index in [1.807, 2.05) is 11.0 Å². The molecular weight excluding hydrogens is 354 g/mol. The Kier molecular flexibility index (Phi) is 5.61. The number of benzene rings is 1. The van der Waals surface area contributed by atoms with Crippen molar-refractivity contribution in [3.63, 3.8) is 0 Å². The van der Waals surface area contributed by atoms with Gasteiger partial charge in [0.25, 0.3) is 0 Å². The highest BCUT2D eigenvalue weighted by Gasteiger charge is 2.38. The summed E-state index contributed by atoms with van der Waals surface area (Å²) >= 11 is 0. The van der Waals surface area contributed by atoms with E-state index in [1.165, 1.54) is 0 Å². The van der Waals surface area contributed by atoms with E-state index in [4.69, 9.17) is 10.4 Å². The number of aliphatic carboxylic acids is 1. The average molecular weight is 377 g/mol. The lowest BCUT2D eigenvalue weighted by molar-refractivity contribution is -0.139. The number of nitrogens with zero attached hydrogens (tertiary/aromatic N) is 2. The van der Waals surface area contributed by atoms with Gasteiger partial charge in [0.05, 0.1) is 23.9 Å². The van der Waals surface area contributed by atoms with Crippen LogP contribution >= 0.6 is 0 Å². The molecule has 2 N–H and O–H groups in total. The van der Waals surface area contributed by atoms with Gasteiger partial charge in [-0.3, -0.25) is 9.69 Å². The van der Waals surface area contributed by atoms with E-state index in [0.29, 0.717) is 29.9 Å². The summed E-state index contributed by atoms with van der Waals surface area (Å²) in [5, 5.41) is 17.8. The molecule has 1 aromatic rings. The Balaban J connectivity index is 1.49. The maximum absolute atomic E-state index is 12.3. The maximum Gasteiger partial charge on any atom is 0.317 e. The first-order chi connectivity index (χ1) is 12.3. The van der Waals surface area contributed by atoms with Gasteiger partial charge in [-0.1, -0.05) is 12.1 Å². The molecule has 0 spiro atoms. The van der Waals surface area contributed by atoms with E-state index in [1.54, 1.807) is 24.3 Å². The van der Waals surface area contributed by atoms with Crippen molar-refractivity contribution in [2.45, 2.75) is 43.5 Å². The molecule has 0 amide bonds. The van der Waals surface area contributed by atoms with Crippen LogP contribution in [-0.2, 0) is 20.6 Å². The molecule has 0 aromatic heterocycles. The lowest BCUT2D eigenvalue weighted by Gasteiger charge is -2.42. The Bertz CT molecular complexity index is 791. The third-order valence-corrected chi connectivity index (χ3v) is 6.35. The third kappa shape index (κ3) is 5.27. The first-order valence-electron chi connectivity index (χ1n) is 8.79. The molecule has 3 rings (SSSR count). The topological polar surface area (TPSA) is 110 Å². The van der Waals surface area contributed by atoms with Gasteiger partial charge in [0.15, 0.2) is 0 Å². The van der Waals surface area contributed by atoms with Crippen molar-refractivity contribution in [1.82, 2.24) is 9.62 Å². The van der Waals surface area contributed by atoms with Crippen LogP contribution in [0.5, 0.6) is 0 Å². The quantitative estimate of drug-likeness (QED) is 0.671. The minimum absolute atomic E-state index is 0.0197. The zero-order valence-electron chi connectivity index (χ0n) is 14.5. The van der Waals surface area contributed by atoms with Gasteiger partial charge in [-0.15, -0.1) is 0 Å². The molecule has 7 nitrogen and oxygen atoms in total. The predicted octanol–water partition coefficient (Wildman–Crippen LogP) is 1.31. The summed E-state index contributed by atoms with van der Waals surface area (Å²) in [6, 6.07) is 8.49. The van der Waals surface area contributed by atoms with Crippen molar-refractivity contribution in [2.24, 2.45) is 5.92 Å². The van der Waals surface area contributed by atoms with E-state index in [-0.39, 0.29) is 24.4 Å². The summed E-state index contributed by atoms with van der Waals surface area (Å²) < 4.78 is 27.3. The molecule has 1 aromatic carbocycles. The molecule has 0 saturated heterocycles. The normalized spacial score (nSPS) is 22.6. The maximum atomic E-state index is 12.3. The molecule has 2 fully saturated rings. The SMILES string of the molecule is N#Cc1ccc(CS(=O)(=O)NC2CC(N(CC(=O)O)CC3CC3)C2)cc1. The number of nitrogens with one attached hydrogen (secondary N) is 1. The van der Waals surface area contributed by atoms with Crippen LogP contribution in [0.25, 0.3) is 0 Å². The summed E-state index contributed by atoms with van der Waals surface area (Å²) in [5.41, 5.74) is 1.13.